The van der Waals surface area contributed by atoms with Crippen LogP contribution < -0.4 is 5.56 Å². The first-order valence-corrected chi connectivity index (χ1v) is 7.68. The maximum Gasteiger partial charge on any atom is 0.263 e. The number of hydrogen-bond donors (Lipinski definition) is 1. The van der Waals surface area contributed by atoms with Gasteiger partial charge in [0.05, 0.1) is 17.6 Å². The van der Waals surface area contributed by atoms with Gasteiger partial charge in [-0.05, 0) is 24.5 Å². The van der Waals surface area contributed by atoms with Gasteiger partial charge < -0.3 is 9.72 Å². The standard InChI is InChI=1S/C17H21N3O2/c1-4-11(2)15-12(9-10-22-3)16(21)20-14-8-6-5-7-13(14)18-17(20)19-15/h5-8,11H,4,9-10H2,1-3H3,(H,18,19). The van der Waals surface area contributed by atoms with E-state index in [0.29, 0.717) is 18.8 Å². The lowest BCUT2D eigenvalue weighted by molar-refractivity contribution is 0.201. The summed E-state index contributed by atoms with van der Waals surface area (Å²) in [6, 6.07) is 7.70. The number of ether oxygens (including phenoxy) is 1. The zero-order valence-corrected chi connectivity index (χ0v) is 13.2. The van der Waals surface area contributed by atoms with E-state index in [-0.39, 0.29) is 11.5 Å². The molecule has 3 aromatic rings. The number of para-hydroxylation sites is 2. The zero-order chi connectivity index (χ0) is 15.7. The highest BCUT2D eigenvalue weighted by molar-refractivity contribution is 5.79. The van der Waals surface area contributed by atoms with Crippen molar-refractivity contribution in [1.29, 1.82) is 0 Å². The second-order valence-corrected chi connectivity index (χ2v) is 5.63. The minimum Gasteiger partial charge on any atom is -0.384 e. The van der Waals surface area contributed by atoms with Crippen molar-refractivity contribution in [3.63, 3.8) is 0 Å². The lowest BCUT2D eigenvalue weighted by atomic mass is 9.99. The molecule has 0 aliphatic carbocycles. The smallest absolute Gasteiger partial charge is 0.263 e. The Balaban J connectivity index is 2.34. The molecule has 2 aromatic heterocycles. The maximum absolute atomic E-state index is 13.0. The van der Waals surface area contributed by atoms with Crippen molar-refractivity contribution < 1.29 is 4.74 Å². The Morgan fingerprint density at radius 1 is 1.36 bits per heavy atom. The number of benzene rings is 1. The molecule has 1 aromatic carbocycles. The number of imidazole rings is 1. The summed E-state index contributed by atoms with van der Waals surface area (Å²) in [4.78, 5) is 20.9. The molecular weight excluding hydrogens is 278 g/mol. The number of nitrogens with one attached hydrogen (secondary N) is 1. The van der Waals surface area contributed by atoms with Gasteiger partial charge in [0.1, 0.15) is 0 Å². The van der Waals surface area contributed by atoms with Gasteiger partial charge in [0.25, 0.3) is 5.56 Å². The number of H-pyrrole nitrogens is 1. The van der Waals surface area contributed by atoms with Crippen molar-refractivity contribution in [3.05, 3.63) is 45.9 Å². The van der Waals surface area contributed by atoms with E-state index < -0.39 is 0 Å². The van der Waals surface area contributed by atoms with Crippen molar-refractivity contribution in [3.8, 4) is 0 Å². The van der Waals surface area contributed by atoms with Crippen LogP contribution in [0.2, 0.25) is 0 Å². The average molecular weight is 299 g/mol. The summed E-state index contributed by atoms with van der Waals surface area (Å²) in [6.45, 7) is 4.78. The Morgan fingerprint density at radius 2 is 2.14 bits per heavy atom. The molecule has 0 aliphatic heterocycles. The first kappa shape index (κ1) is 14.8. The van der Waals surface area contributed by atoms with Gasteiger partial charge >= 0.3 is 0 Å². The molecular formula is C17H21N3O2. The molecule has 116 valence electrons. The van der Waals surface area contributed by atoms with Crippen LogP contribution in [0.4, 0.5) is 0 Å². The van der Waals surface area contributed by atoms with E-state index in [2.05, 4.69) is 23.8 Å². The predicted octanol–water partition coefficient (Wildman–Crippen LogP) is 2.88. The van der Waals surface area contributed by atoms with E-state index >= 15 is 0 Å². The molecule has 2 heterocycles. The Labute approximate surface area is 129 Å². The largest absolute Gasteiger partial charge is 0.384 e. The highest BCUT2D eigenvalue weighted by Gasteiger charge is 2.18. The quantitative estimate of drug-likeness (QED) is 0.788. The van der Waals surface area contributed by atoms with Gasteiger partial charge in [-0.1, -0.05) is 26.0 Å². The minimum atomic E-state index is 0.00907. The van der Waals surface area contributed by atoms with Gasteiger partial charge in [0.2, 0.25) is 5.78 Å². The first-order chi connectivity index (χ1) is 10.7. The zero-order valence-electron chi connectivity index (χ0n) is 13.2. The van der Waals surface area contributed by atoms with Crippen LogP contribution in [0.5, 0.6) is 0 Å². The maximum atomic E-state index is 13.0. The summed E-state index contributed by atoms with van der Waals surface area (Å²) in [7, 11) is 1.66. The van der Waals surface area contributed by atoms with E-state index in [9.17, 15) is 4.79 Å². The van der Waals surface area contributed by atoms with Crippen LogP contribution in [0, 0.1) is 0 Å². The summed E-state index contributed by atoms with van der Waals surface area (Å²) >= 11 is 0. The molecule has 0 spiro atoms. The summed E-state index contributed by atoms with van der Waals surface area (Å²) in [5.41, 5.74) is 3.46. The fourth-order valence-corrected chi connectivity index (χ4v) is 2.83. The van der Waals surface area contributed by atoms with Crippen LogP contribution in [0.25, 0.3) is 16.8 Å². The Morgan fingerprint density at radius 3 is 2.86 bits per heavy atom. The second-order valence-electron chi connectivity index (χ2n) is 5.63. The van der Waals surface area contributed by atoms with E-state index in [1.165, 1.54) is 0 Å². The normalized spacial score (nSPS) is 13.0. The molecule has 0 bridgehead atoms. The van der Waals surface area contributed by atoms with Crippen molar-refractivity contribution in [2.24, 2.45) is 0 Å². The minimum absolute atomic E-state index is 0.00907. The monoisotopic (exact) mass is 299 g/mol. The molecule has 0 saturated heterocycles. The lowest BCUT2D eigenvalue weighted by Gasteiger charge is -2.15. The SMILES string of the molecule is CCC(C)c1[nH]c2nc3ccccc3n2c(=O)c1CCOC. The van der Waals surface area contributed by atoms with E-state index in [1.807, 2.05) is 24.3 Å². The van der Waals surface area contributed by atoms with E-state index in [0.717, 1.165) is 28.7 Å². The predicted molar refractivity (Wildman–Crippen MR) is 87.6 cm³/mol. The molecule has 0 saturated carbocycles. The van der Waals surface area contributed by atoms with Crippen molar-refractivity contribution in [2.45, 2.75) is 32.6 Å². The van der Waals surface area contributed by atoms with Gasteiger partial charge in [-0.15, -0.1) is 0 Å². The molecule has 1 atom stereocenters. The van der Waals surface area contributed by atoms with Gasteiger partial charge in [-0.25, -0.2) is 9.38 Å². The molecule has 0 fully saturated rings. The molecule has 0 amide bonds. The summed E-state index contributed by atoms with van der Waals surface area (Å²) < 4.78 is 6.85. The van der Waals surface area contributed by atoms with Crippen LogP contribution in [0.1, 0.15) is 37.4 Å². The van der Waals surface area contributed by atoms with Crippen LogP contribution in [-0.4, -0.2) is 28.1 Å². The van der Waals surface area contributed by atoms with Gasteiger partial charge in [-0.3, -0.25) is 4.79 Å². The van der Waals surface area contributed by atoms with Crippen molar-refractivity contribution >= 4 is 16.8 Å². The number of aromatic amines is 1. The second kappa shape index (κ2) is 5.93. The molecule has 1 N–H and O–H groups in total. The summed E-state index contributed by atoms with van der Waals surface area (Å²) in [5, 5.41) is 0. The summed E-state index contributed by atoms with van der Waals surface area (Å²) in [5.74, 6) is 0.895. The average Bonchev–Trinajstić information content (AvgIpc) is 2.91. The van der Waals surface area contributed by atoms with Crippen molar-refractivity contribution in [1.82, 2.24) is 14.4 Å². The third-order valence-corrected chi connectivity index (χ3v) is 4.25. The lowest BCUT2D eigenvalue weighted by Crippen LogP contribution is -2.24. The topological polar surface area (TPSA) is 59.4 Å². The molecule has 5 nitrogen and oxygen atoms in total. The highest BCUT2D eigenvalue weighted by atomic mass is 16.5. The Hall–Kier alpha value is -2.14. The van der Waals surface area contributed by atoms with Gasteiger partial charge in [0.15, 0.2) is 0 Å². The van der Waals surface area contributed by atoms with Crippen LogP contribution >= 0.6 is 0 Å². The van der Waals surface area contributed by atoms with Crippen LogP contribution in [0.3, 0.4) is 0 Å². The number of methoxy groups -OCH3 is 1. The van der Waals surface area contributed by atoms with Gasteiger partial charge in [0, 0.05) is 24.8 Å². The highest BCUT2D eigenvalue weighted by Crippen LogP contribution is 2.21. The number of aromatic nitrogens is 3. The molecule has 3 rings (SSSR count). The number of rotatable bonds is 5. The molecule has 0 aliphatic rings. The molecule has 1 unspecified atom stereocenters. The van der Waals surface area contributed by atoms with Crippen LogP contribution in [-0.2, 0) is 11.2 Å². The molecule has 5 heteroatoms. The van der Waals surface area contributed by atoms with E-state index in [1.54, 1.807) is 11.5 Å². The first-order valence-electron chi connectivity index (χ1n) is 7.68. The Bertz CT molecular complexity index is 863. The molecule has 0 radical (unpaired) electrons. The third kappa shape index (κ3) is 2.31. The van der Waals surface area contributed by atoms with Crippen molar-refractivity contribution in [2.75, 3.05) is 13.7 Å². The third-order valence-electron chi connectivity index (χ3n) is 4.25. The number of hydrogen-bond acceptors (Lipinski definition) is 3. The van der Waals surface area contributed by atoms with Gasteiger partial charge in [-0.2, -0.15) is 0 Å². The number of nitrogens with zero attached hydrogens (tertiary/aromatic N) is 2. The summed E-state index contributed by atoms with van der Waals surface area (Å²) in [6.07, 6.45) is 1.57. The molecule has 22 heavy (non-hydrogen) atoms. The fraction of sp³-hybridized carbons (Fsp3) is 0.412. The van der Waals surface area contributed by atoms with E-state index in [4.69, 9.17) is 4.74 Å². The Kier molecular flexibility index (Phi) is 3.98. The number of fused-ring (bicyclic) bond motifs is 3. The fourth-order valence-electron chi connectivity index (χ4n) is 2.83. The van der Waals surface area contributed by atoms with Crippen LogP contribution in [0.15, 0.2) is 29.1 Å².